The van der Waals surface area contributed by atoms with E-state index in [2.05, 4.69) is 25.1 Å². The fourth-order valence-electron chi connectivity index (χ4n) is 7.91. The predicted molar refractivity (Wildman–Crippen MR) is 152 cm³/mol. The molecule has 0 aliphatic carbocycles. The van der Waals surface area contributed by atoms with Crippen LogP contribution in [0.5, 0.6) is 6.01 Å². The first-order valence-corrected chi connectivity index (χ1v) is 14.6. The Morgan fingerprint density at radius 1 is 1.07 bits per heavy atom. The molecule has 4 aliphatic rings. The largest absolute Gasteiger partial charge is 0.461 e. The summed E-state index contributed by atoms with van der Waals surface area (Å²) in [5.41, 5.74) is 2.35. The molecule has 4 saturated heterocycles. The quantitative estimate of drug-likeness (QED) is 0.355. The number of aromatic nitrogens is 3. The summed E-state index contributed by atoms with van der Waals surface area (Å²) < 4.78 is 38.8. The maximum absolute atomic E-state index is 16.6. The second-order valence-electron chi connectivity index (χ2n) is 12.2. The monoisotopic (exact) mass is 544 g/mol. The first-order valence-electron chi connectivity index (χ1n) is 14.6. The van der Waals surface area contributed by atoms with Crippen LogP contribution in [0.1, 0.15) is 44.1 Å². The molecule has 2 atom stereocenters. The van der Waals surface area contributed by atoms with Crippen LogP contribution >= 0.6 is 0 Å². The lowest BCUT2D eigenvalue weighted by atomic mass is 9.95. The van der Waals surface area contributed by atoms with Gasteiger partial charge >= 0.3 is 6.01 Å². The van der Waals surface area contributed by atoms with Gasteiger partial charge in [-0.1, -0.05) is 12.1 Å². The number of nitrogens with one attached hydrogen (secondary N) is 2. The molecule has 2 N–H and O–H groups in total. The number of fused-ring (bicyclic) bond motifs is 5. The van der Waals surface area contributed by atoms with Crippen LogP contribution in [0.2, 0.25) is 0 Å². The summed E-state index contributed by atoms with van der Waals surface area (Å²) in [6.07, 6.45) is 8.40. The van der Waals surface area contributed by atoms with Crippen LogP contribution in [-0.2, 0) is 0 Å². The smallest absolute Gasteiger partial charge is 0.319 e. The number of aryl methyl sites for hydroxylation is 1. The van der Waals surface area contributed by atoms with E-state index in [0.717, 1.165) is 81.2 Å². The Labute approximate surface area is 231 Å². The molecular formula is C31H34F2N6O. The zero-order chi connectivity index (χ0) is 27.0. The Bertz CT molecular complexity index is 1610. The lowest BCUT2D eigenvalue weighted by molar-refractivity contribution is 0.108. The molecule has 9 heteroatoms. The second-order valence-corrected chi connectivity index (χ2v) is 12.2. The zero-order valence-corrected chi connectivity index (χ0v) is 22.8. The van der Waals surface area contributed by atoms with Crippen molar-refractivity contribution in [1.29, 1.82) is 0 Å². The van der Waals surface area contributed by atoms with Crippen LogP contribution in [0, 0.1) is 18.6 Å². The third kappa shape index (κ3) is 3.74. The molecule has 0 spiro atoms. The van der Waals surface area contributed by atoms with E-state index in [-0.39, 0.29) is 22.6 Å². The number of rotatable bonds is 5. The van der Waals surface area contributed by atoms with Crippen molar-refractivity contribution in [3.63, 3.8) is 0 Å². The molecular weight excluding hydrogens is 510 g/mol. The molecule has 0 radical (unpaired) electrons. The average molecular weight is 545 g/mol. The third-order valence-corrected chi connectivity index (χ3v) is 9.82. The first-order chi connectivity index (χ1) is 19.5. The van der Waals surface area contributed by atoms with Crippen LogP contribution in [0.4, 0.5) is 14.6 Å². The molecule has 0 amide bonds. The van der Waals surface area contributed by atoms with E-state index in [1.54, 1.807) is 6.20 Å². The van der Waals surface area contributed by atoms with Crippen molar-refractivity contribution in [2.75, 3.05) is 37.7 Å². The van der Waals surface area contributed by atoms with Gasteiger partial charge in [-0.25, -0.2) is 8.78 Å². The topological polar surface area (TPSA) is 69.3 Å². The maximum atomic E-state index is 16.6. The van der Waals surface area contributed by atoms with Crippen molar-refractivity contribution in [3.8, 4) is 17.1 Å². The van der Waals surface area contributed by atoms with Gasteiger partial charge in [0.2, 0.25) is 0 Å². The number of halogens is 2. The summed E-state index contributed by atoms with van der Waals surface area (Å²) in [6.45, 7) is 6.12. The number of anilines is 1. The van der Waals surface area contributed by atoms with Gasteiger partial charge in [0.1, 0.15) is 23.8 Å². The summed E-state index contributed by atoms with van der Waals surface area (Å²) in [7, 11) is 0. The first kappa shape index (κ1) is 24.5. The summed E-state index contributed by atoms with van der Waals surface area (Å²) in [5.74, 6) is -0.727. The highest BCUT2D eigenvalue weighted by molar-refractivity contribution is 6.01. The van der Waals surface area contributed by atoms with Gasteiger partial charge in [0.25, 0.3) is 0 Å². The number of piperazine rings is 1. The number of aromatic amines is 1. The minimum Gasteiger partial charge on any atom is -0.461 e. The van der Waals surface area contributed by atoms with Crippen LogP contribution < -0.4 is 15.0 Å². The number of hydrogen-bond acceptors (Lipinski definition) is 6. The van der Waals surface area contributed by atoms with Crippen molar-refractivity contribution < 1.29 is 13.5 Å². The van der Waals surface area contributed by atoms with Gasteiger partial charge in [-0.15, -0.1) is 0 Å². The number of H-pyrrole nitrogens is 1. The lowest BCUT2D eigenvalue weighted by Gasteiger charge is -2.34. The summed E-state index contributed by atoms with van der Waals surface area (Å²) in [4.78, 5) is 17.3. The van der Waals surface area contributed by atoms with Gasteiger partial charge in [-0.05, 0) is 76.2 Å². The van der Waals surface area contributed by atoms with Crippen LogP contribution in [0.25, 0.3) is 32.9 Å². The van der Waals surface area contributed by atoms with Crippen molar-refractivity contribution in [2.45, 2.75) is 63.1 Å². The molecule has 2 bridgehead atoms. The Kier molecular flexibility index (Phi) is 5.58. The Morgan fingerprint density at radius 3 is 2.62 bits per heavy atom. The van der Waals surface area contributed by atoms with Crippen molar-refractivity contribution in [3.05, 3.63) is 47.7 Å². The molecule has 208 valence electrons. The van der Waals surface area contributed by atoms with Gasteiger partial charge in [-0.3, -0.25) is 4.90 Å². The van der Waals surface area contributed by atoms with E-state index < -0.39 is 11.6 Å². The van der Waals surface area contributed by atoms with Gasteiger partial charge in [0.05, 0.1) is 11.1 Å². The van der Waals surface area contributed by atoms with E-state index >= 15 is 8.78 Å². The Balaban J connectivity index is 1.27. The molecule has 8 rings (SSSR count). The van der Waals surface area contributed by atoms with Crippen LogP contribution in [0.15, 0.2) is 30.5 Å². The second kappa shape index (κ2) is 9.11. The number of ether oxygens (including phenoxy) is 1. The number of nitrogens with zero attached hydrogens (tertiary/aromatic N) is 4. The maximum Gasteiger partial charge on any atom is 0.319 e. The van der Waals surface area contributed by atoms with Gasteiger partial charge in [0, 0.05) is 53.2 Å². The Morgan fingerprint density at radius 2 is 1.85 bits per heavy atom. The van der Waals surface area contributed by atoms with Crippen molar-refractivity contribution >= 4 is 27.6 Å². The highest BCUT2D eigenvalue weighted by atomic mass is 19.1. The van der Waals surface area contributed by atoms with Gasteiger partial charge in [-0.2, -0.15) is 9.97 Å². The van der Waals surface area contributed by atoms with E-state index in [0.29, 0.717) is 35.5 Å². The van der Waals surface area contributed by atoms with Crippen molar-refractivity contribution in [2.24, 2.45) is 0 Å². The minimum atomic E-state index is -0.674. The van der Waals surface area contributed by atoms with Crippen LogP contribution in [0.3, 0.4) is 0 Å². The highest BCUT2D eigenvalue weighted by Crippen LogP contribution is 2.41. The molecule has 40 heavy (non-hydrogen) atoms. The fourth-order valence-corrected chi connectivity index (χ4v) is 7.91. The van der Waals surface area contributed by atoms with Gasteiger partial charge in [0.15, 0.2) is 5.82 Å². The van der Waals surface area contributed by atoms with E-state index in [4.69, 9.17) is 9.72 Å². The molecule has 4 fully saturated rings. The standard InChI is InChI=1S/C31H34F2N6O/c1-18-5-2-6-24-25(18)22(14-34-24)26-23(32)13-21-28(27(26)33)36-30(40-17-31-9-3-11-39(31)12-4-10-31)37-29(21)38-15-19-7-8-20(16-38)35-19/h2,5-6,13-14,19-20,34-35H,3-4,7-12,15-17H2,1H3/t19-,20+. The van der Waals surface area contributed by atoms with E-state index in [9.17, 15) is 0 Å². The molecule has 4 aliphatic heterocycles. The lowest BCUT2D eigenvalue weighted by Crippen LogP contribution is -2.51. The Hall–Kier alpha value is -3.30. The summed E-state index contributed by atoms with van der Waals surface area (Å²) >= 11 is 0. The summed E-state index contributed by atoms with van der Waals surface area (Å²) in [5, 5.41) is 4.84. The highest BCUT2D eigenvalue weighted by Gasteiger charge is 2.45. The molecule has 0 unspecified atom stereocenters. The fraction of sp³-hybridized carbons (Fsp3) is 0.484. The molecule has 4 aromatic rings. The SMILES string of the molecule is Cc1cccc2[nH]cc(-c3c(F)cc4c(N5C[C@H]6CC[C@@H](C5)N6)nc(OCC56CCCN5CCC6)nc4c3F)c12. The molecule has 2 aromatic carbocycles. The molecule has 2 aromatic heterocycles. The average Bonchev–Trinajstić information content (AvgIpc) is 3.71. The third-order valence-electron chi connectivity index (χ3n) is 9.82. The number of benzene rings is 2. The van der Waals surface area contributed by atoms with E-state index in [1.807, 2.05) is 25.1 Å². The van der Waals surface area contributed by atoms with Crippen LogP contribution in [-0.4, -0.2) is 70.3 Å². The number of hydrogen-bond donors (Lipinski definition) is 2. The molecule has 6 heterocycles. The predicted octanol–water partition coefficient (Wildman–Crippen LogP) is 5.31. The zero-order valence-electron chi connectivity index (χ0n) is 22.8. The minimum absolute atomic E-state index is 0.0146. The van der Waals surface area contributed by atoms with E-state index in [1.165, 1.54) is 6.07 Å². The van der Waals surface area contributed by atoms with Gasteiger partial charge < -0.3 is 19.9 Å². The summed E-state index contributed by atoms with van der Waals surface area (Å²) in [6, 6.07) is 8.10. The van der Waals surface area contributed by atoms with Crippen molar-refractivity contribution in [1.82, 2.24) is 25.2 Å². The normalized spacial score (nSPS) is 23.9. The molecule has 7 nitrogen and oxygen atoms in total. The molecule has 0 saturated carbocycles.